The minimum absolute atomic E-state index is 0.152. The van der Waals surface area contributed by atoms with Crippen molar-refractivity contribution in [3.8, 4) is 5.75 Å². The summed E-state index contributed by atoms with van der Waals surface area (Å²) in [6.07, 6.45) is 0.152. The number of ether oxygens (including phenoxy) is 1. The third-order valence-electron chi connectivity index (χ3n) is 4.47. The number of nitrogens with zero attached hydrogens (tertiary/aromatic N) is 1. The van der Waals surface area contributed by atoms with Gasteiger partial charge in [0.05, 0.1) is 18.7 Å². The van der Waals surface area contributed by atoms with Crippen LogP contribution in [0.4, 0.5) is 11.4 Å². The van der Waals surface area contributed by atoms with E-state index in [0.717, 1.165) is 22.6 Å². The Balaban J connectivity index is 1.78. The molecule has 3 rings (SSSR count). The van der Waals surface area contributed by atoms with Crippen LogP contribution >= 0.6 is 0 Å². The van der Waals surface area contributed by atoms with Gasteiger partial charge in [0.2, 0.25) is 5.91 Å². The Morgan fingerprint density at radius 3 is 2.52 bits per heavy atom. The van der Waals surface area contributed by atoms with Gasteiger partial charge in [-0.1, -0.05) is 12.1 Å². The zero-order valence-corrected chi connectivity index (χ0v) is 14.7. The predicted octanol–water partition coefficient (Wildman–Crippen LogP) is 3.45. The van der Waals surface area contributed by atoms with Crippen LogP contribution < -0.4 is 15.0 Å². The largest absolute Gasteiger partial charge is 0.494 e. The van der Waals surface area contributed by atoms with Gasteiger partial charge < -0.3 is 10.1 Å². The van der Waals surface area contributed by atoms with Gasteiger partial charge in [-0.15, -0.1) is 0 Å². The summed E-state index contributed by atoms with van der Waals surface area (Å²) in [4.78, 5) is 26.5. The van der Waals surface area contributed by atoms with Gasteiger partial charge in [-0.3, -0.25) is 9.59 Å². The molecule has 1 aliphatic heterocycles. The lowest BCUT2D eigenvalue weighted by molar-refractivity contribution is -0.121. The van der Waals surface area contributed by atoms with Gasteiger partial charge in [0, 0.05) is 5.69 Å². The molecule has 2 aromatic carbocycles. The minimum atomic E-state index is -0.551. The van der Waals surface area contributed by atoms with Gasteiger partial charge in [-0.05, 0) is 62.2 Å². The first kappa shape index (κ1) is 17.0. The van der Waals surface area contributed by atoms with Crippen LogP contribution in [0, 0.1) is 13.8 Å². The van der Waals surface area contributed by atoms with Crippen molar-refractivity contribution < 1.29 is 14.3 Å². The SMILES string of the molecule is CCOc1ccc(N[C@H]2CC(=O)N(c3cccc(C)c3C)C2=O)cc1. The first-order valence-corrected chi connectivity index (χ1v) is 8.43. The lowest BCUT2D eigenvalue weighted by Crippen LogP contribution is -2.35. The van der Waals surface area contributed by atoms with Crippen molar-refractivity contribution in [1.82, 2.24) is 0 Å². The number of imide groups is 1. The van der Waals surface area contributed by atoms with Crippen LogP contribution in [0.2, 0.25) is 0 Å². The van der Waals surface area contributed by atoms with Crippen LogP contribution in [0.5, 0.6) is 5.75 Å². The second-order valence-electron chi connectivity index (χ2n) is 6.14. The molecule has 130 valence electrons. The summed E-state index contributed by atoms with van der Waals surface area (Å²) < 4.78 is 5.41. The maximum absolute atomic E-state index is 12.8. The molecule has 0 radical (unpaired) electrons. The predicted molar refractivity (Wildman–Crippen MR) is 98.0 cm³/mol. The van der Waals surface area contributed by atoms with E-state index in [1.165, 1.54) is 4.90 Å². The second kappa shape index (κ2) is 6.97. The summed E-state index contributed by atoms with van der Waals surface area (Å²) in [7, 11) is 0. The van der Waals surface area contributed by atoms with Gasteiger partial charge in [0.25, 0.3) is 5.91 Å². The standard InChI is InChI=1S/C20H22N2O3/c1-4-25-16-10-8-15(9-11-16)21-17-12-19(23)22(20(17)24)18-7-5-6-13(2)14(18)3/h5-11,17,21H,4,12H2,1-3H3/t17-/m0/s1. The van der Waals surface area contributed by atoms with E-state index in [9.17, 15) is 9.59 Å². The Labute approximate surface area is 147 Å². The molecule has 1 N–H and O–H groups in total. The average molecular weight is 338 g/mol. The summed E-state index contributed by atoms with van der Waals surface area (Å²) in [6.45, 7) is 6.43. The molecule has 25 heavy (non-hydrogen) atoms. The Morgan fingerprint density at radius 1 is 1.12 bits per heavy atom. The van der Waals surface area contributed by atoms with Crippen molar-refractivity contribution in [2.75, 3.05) is 16.8 Å². The molecule has 5 nitrogen and oxygen atoms in total. The van der Waals surface area contributed by atoms with E-state index in [1.807, 2.05) is 63.2 Å². The van der Waals surface area contributed by atoms with E-state index >= 15 is 0 Å². The van der Waals surface area contributed by atoms with Crippen LogP contribution in [0.15, 0.2) is 42.5 Å². The van der Waals surface area contributed by atoms with E-state index in [-0.39, 0.29) is 18.2 Å². The first-order valence-electron chi connectivity index (χ1n) is 8.43. The molecule has 0 spiro atoms. The molecular weight excluding hydrogens is 316 g/mol. The van der Waals surface area contributed by atoms with Crippen LogP contribution in [0.25, 0.3) is 0 Å². The van der Waals surface area contributed by atoms with E-state index < -0.39 is 6.04 Å². The van der Waals surface area contributed by atoms with E-state index in [2.05, 4.69) is 5.32 Å². The molecule has 0 saturated carbocycles. The number of carbonyl (C=O) groups excluding carboxylic acids is 2. The van der Waals surface area contributed by atoms with Gasteiger partial charge in [-0.2, -0.15) is 0 Å². The first-order chi connectivity index (χ1) is 12.0. The van der Waals surface area contributed by atoms with E-state index in [0.29, 0.717) is 12.3 Å². The molecule has 1 atom stereocenters. The fourth-order valence-electron chi connectivity index (χ4n) is 2.99. The summed E-state index contributed by atoms with van der Waals surface area (Å²) in [5, 5.41) is 3.16. The quantitative estimate of drug-likeness (QED) is 0.849. The summed E-state index contributed by atoms with van der Waals surface area (Å²) in [5.41, 5.74) is 3.47. The van der Waals surface area contributed by atoms with Gasteiger partial charge in [0.1, 0.15) is 11.8 Å². The van der Waals surface area contributed by atoms with Crippen LogP contribution in [-0.4, -0.2) is 24.5 Å². The van der Waals surface area contributed by atoms with Crippen molar-refractivity contribution in [2.24, 2.45) is 0 Å². The van der Waals surface area contributed by atoms with Crippen molar-refractivity contribution in [3.05, 3.63) is 53.6 Å². The number of rotatable bonds is 5. The molecule has 1 fully saturated rings. The van der Waals surface area contributed by atoms with Crippen LogP contribution in [0.1, 0.15) is 24.5 Å². The molecule has 2 amide bonds. The summed E-state index contributed by atoms with van der Waals surface area (Å²) in [6, 6.07) is 12.5. The molecule has 0 aromatic heterocycles. The molecule has 1 aliphatic rings. The van der Waals surface area contributed by atoms with Crippen LogP contribution in [0.3, 0.4) is 0 Å². The van der Waals surface area contributed by atoms with Crippen molar-refractivity contribution in [3.63, 3.8) is 0 Å². The fraction of sp³-hybridized carbons (Fsp3) is 0.300. The molecule has 0 bridgehead atoms. The molecular formula is C20H22N2O3. The number of nitrogens with one attached hydrogen (secondary N) is 1. The number of carbonyl (C=O) groups is 2. The van der Waals surface area contributed by atoms with Crippen molar-refractivity contribution in [1.29, 1.82) is 0 Å². The normalized spacial score (nSPS) is 17.1. The highest BCUT2D eigenvalue weighted by molar-refractivity contribution is 6.23. The van der Waals surface area contributed by atoms with Crippen molar-refractivity contribution in [2.45, 2.75) is 33.2 Å². The van der Waals surface area contributed by atoms with Crippen LogP contribution in [-0.2, 0) is 9.59 Å². The van der Waals surface area contributed by atoms with Crippen molar-refractivity contribution >= 4 is 23.2 Å². The summed E-state index contributed by atoms with van der Waals surface area (Å²) in [5.74, 6) is 0.383. The highest BCUT2D eigenvalue weighted by Gasteiger charge is 2.40. The molecule has 0 unspecified atom stereocenters. The summed E-state index contributed by atoms with van der Waals surface area (Å²) >= 11 is 0. The highest BCUT2D eigenvalue weighted by atomic mass is 16.5. The number of hydrogen-bond acceptors (Lipinski definition) is 4. The number of anilines is 2. The molecule has 5 heteroatoms. The third-order valence-corrected chi connectivity index (χ3v) is 4.47. The Morgan fingerprint density at radius 2 is 1.84 bits per heavy atom. The molecule has 0 aliphatic carbocycles. The zero-order chi connectivity index (χ0) is 18.0. The topological polar surface area (TPSA) is 58.6 Å². The number of benzene rings is 2. The van der Waals surface area contributed by atoms with Gasteiger partial charge in [0.15, 0.2) is 0 Å². The Kier molecular flexibility index (Phi) is 4.74. The molecule has 2 aromatic rings. The third kappa shape index (κ3) is 3.36. The monoisotopic (exact) mass is 338 g/mol. The number of amides is 2. The number of aryl methyl sites for hydroxylation is 1. The lowest BCUT2D eigenvalue weighted by atomic mass is 10.1. The van der Waals surface area contributed by atoms with E-state index in [1.54, 1.807) is 0 Å². The van der Waals surface area contributed by atoms with Gasteiger partial charge in [-0.25, -0.2) is 4.90 Å². The second-order valence-corrected chi connectivity index (χ2v) is 6.14. The lowest BCUT2D eigenvalue weighted by Gasteiger charge is -2.19. The minimum Gasteiger partial charge on any atom is -0.494 e. The maximum Gasteiger partial charge on any atom is 0.256 e. The molecule has 1 heterocycles. The molecule has 1 saturated heterocycles. The van der Waals surface area contributed by atoms with E-state index in [4.69, 9.17) is 4.74 Å². The zero-order valence-electron chi connectivity index (χ0n) is 14.7. The average Bonchev–Trinajstić information content (AvgIpc) is 2.86. The Bertz CT molecular complexity index is 799. The fourth-order valence-corrected chi connectivity index (χ4v) is 2.99. The highest BCUT2D eigenvalue weighted by Crippen LogP contribution is 2.29. The smallest absolute Gasteiger partial charge is 0.256 e. The number of hydrogen-bond donors (Lipinski definition) is 1. The maximum atomic E-state index is 12.8. The Hall–Kier alpha value is -2.82. The van der Waals surface area contributed by atoms with Gasteiger partial charge >= 0.3 is 0 Å².